The van der Waals surface area contributed by atoms with Crippen molar-refractivity contribution in [2.24, 2.45) is 0 Å². The first kappa shape index (κ1) is 12.7. The molecule has 0 aliphatic carbocycles. The molecule has 1 aliphatic rings. The van der Waals surface area contributed by atoms with Gasteiger partial charge in [0.2, 0.25) is 0 Å². The van der Waals surface area contributed by atoms with Gasteiger partial charge in [-0.2, -0.15) is 0 Å². The monoisotopic (exact) mass is 304 g/mol. The van der Waals surface area contributed by atoms with Crippen molar-refractivity contribution in [3.63, 3.8) is 0 Å². The summed E-state index contributed by atoms with van der Waals surface area (Å²) in [4.78, 5) is 10.3. The van der Waals surface area contributed by atoms with Crippen LogP contribution in [0.25, 0.3) is 5.32 Å². The Labute approximate surface area is 87.9 Å². The van der Waals surface area contributed by atoms with Crippen LogP contribution < -0.4 is 0 Å². The zero-order valence-corrected chi connectivity index (χ0v) is 9.35. The predicted molar refractivity (Wildman–Crippen MR) is 45.2 cm³/mol. The van der Waals surface area contributed by atoms with E-state index in [0.717, 1.165) is 25.8 Å². The summed E-state index contributed by atoms with van der Waals surface area (Å²) < 4.78 is 0. The number of nitrogens with zero attached hydrogens (tertiary/aromatic N) is 1. The van der Waals surface area contributed by atoms with Gasteiger partial charge in [0.15, 0.2) is 0 Å². The van der Waals surface area contributed by atoms with E-state index in [2.05, 4.69) is 5.32 Å². The van der Waals surface area contributed by atoms with Gasteiger partial charge in [-0.1, -0.05) is 19.3 Å². The van der Waals surface area contributed by atoms with Crippen LogP contribution >= 0.6 is 19.1 Å². The fourth-order valence-electron chi connectivity index (χ4n) is 0.989. The standard InChI is InChI=1S/C6H10NO2.2ClH.Pd/c8-6(9)5-3-1-2-4-7-5;;;/h5H,1-4H2,(H,8,9);2*1H;/q-1;;;+2/p-2. The molecule has 3 nitrogen and oxygen atoms in total. The van der Waals surface area contributed by atoms with Crippen LogP contribution in [0.2, 0.25) is 0 Å². The van der Waals surface area contributed by atoms with Crippen molar-refractivity contribution in [3.05, 3.63) is 5.32 Å². The third kappa shape index (κ3) is 6.22. The molecule has 0 bridgehead atoms. The van der Waals surface area contributed by atoms with E-state index in [1.807, 2.05) is 0 Å². The fraction of sp³-hybridized carbons (Fsp3) is 0.833. The van der Waals surface area contributed by atoms with Crippen LogP contribution in [-0.2, 0) is 20.7 Å². The van der Waals surface area contributed by atoms with Gasteiger partial charge in [-0.25, -0.2) is 0 Å². The van der Waals surface area contributed by atoms with E-state index in [-0.39, 0.29) is 15.9 Å². The van der Waals surface area contributed by atoms with Crippen molar-refractivity contribution in [2.75, 3.05) is 6.54 Å². The van der Waals surface area contributed by atoms with Gasteiger partial charge in [0.05, 0.1) is 0 Å². The molecule has 6 heteroatoms. The Morgan fingerprint density at radius 3 is 2.33 bits per heavy atom. The third-order valence-electron chi connectivity index (χ3n) is 1.52. The van der Waals surface area contributed by atoms with Crippen LogP contribution in [0.3, 0.4) is 0 Å². The Morgan fingerprint density at radius 2 is 2.08 bits per heavy atom. The summed E-state index contributed by atoms with van der Waals surface area (Å²) in [6.07, 6.45) is 2.81. The van der Waals surface area contributed by atoms with Crippen molar-refractivity contribution in [2.45, 2.75) is 25.3 Å². The van der Waals surface area contributed by atoms with E-state index in [0.29, 0.717) is 0 Å². The van der Waals surface area contributed by atoms with Gasteiger partial charge in [-0.05, 0) is 6.04 Å². The predicted octanol–water partition coefficient (Wildman–Crippen LogP) is 2.37. The molecule has 1 aliphatic heterocycles. The van der Waals surface area contributed by atoms with Crippen molar-refractivity contribution >= 4 is 25.0 Å². The molecule has 0 amide bonds. The van der Waals surface area contributed by atoms with Gasteiger partial charge in [-0.3, -0.25) is 4.79 Å². The summed E-state index contributed by atoms with van der Waals surface area (Å²) >= 11 is -0.106. The molecule has 12 heavy (non-hydrogen) atoms. The molecule has 0 aromatic carbocycles. The Kier molecular flexibility index (Phi) is 8.74. The average molecular weight is 305 g/mol. The average Bonchev–Trinajstić information content (AvgIpc) is 2.07. The summed E-state index contributed by atoms with van der Waals surface area (Å²) in [5.74, 6) is -0.769. The van der Waals surface area contributed by atoms with Crippen LogP contribution in [0.15, 0.2) is 0 Å². The topological polar surface area (TPSA) is 51.4 Å². The Bertz CT molecular complexity index is 131. The van der Waals surface area contributed by atoms with Gasteiger partial charge < -0.3 is 10.4 Å². The summed E-state index contributed by atoms with van der Waals surface area (Å²) in [6.45, 7) is 0.733. The normalized spacial score (nSPS) is 22.7. The van der Waals surface area contributed by atoms with Crippen LogP contribution in [0.5, 0.6) is 0 Å². The van der Waals surface area contributed by atoms with E-state index >= 15 is 0 Å². The van der Waals surface area contributed by atoms with Gasteiger partial charge in [-0.15, -0.1) is 6.54 Å². The van der Waals surface area contributed by atoms with E-state index in [9.17, 15) is 4.79 Å². The van der Waals surface area contributed by atoms with Gasteiger partial charge in [0.1, 0.15) is 0 Å². The Hall–Kier alpha value is 0.672. The summed E-state index contributed by atoms with van der Waals surface area (Å²) in [5, 5.41) is 12.4. The number of halogens is 2. The molecule has 0 saturated carbocycles. The van der Waals surface area contributed by atoms with Crippen LogP contribution in [0.1, 0.15) is 19.3 Å². The number of carbonyl (C=O) groups is 1. The number of rotatable bonds is 1. The van der Waals surface area contributed by atoms with E-state index < -0.39 is 12.0 Å². The second-order valence-corrected chi connectivity index (χ2v) is 4.66. The molecule has 0 radical (unpaired) electrons. The molecular formula is C6H10Cl2NO2Pd-. The number of hydrogen-bond acceptors (Lipinski definition) is 1. The van der Waals surface area contributed by atoms with Gasteiger partial charge >= 0.3 is 35.0 Å². The van der Waals surface area contributed by atoms with E-state index in [4.69, 9.17) is 24.2 Å². The van der Waals surface area contributed by atoms with Crippen LogP contribution in [0.4, 0.5) is 0 Å². The molecule has 1 fully saturated rings. The maximum absolute atomic E-state index is 10.3. The number of aliphatic carboxylic acids is 1. The molecule has 0 spiro atoms. The van der Waals surface area contributed by atoms with Crippen molar-refractivity contribution in [1.29, 1.82) is 0 Å². The number of carboxylic acid groups (broad SMARTS) is 1. The molecule has 1 N–H and O–H groups in total. The summed E-state index contributed by atoms with van der Waals surface area (Å²) in [6, 6.07) is -0.404. The first-order chi connectivity index (χ1) is 5.72. The SMILES string of the molecule is O=C(O)C1CCCC[N-]1.[Cl][Pd][Cl]. The van der Waals surface area contributed by atoms with Crippen molar-refractivity contribution in [3.8, 4) is 0 Å². The number of piperidine rings is 1. The first-order valence-corrected chi connectivity index (χ1v) is 7.44. The fourth-order valence-corrected chi connectivity index (χ4v) is 0.989. The Morgan fingerprint density at radius 1 is 1.50 bits per heavy atom. The Balaban J connectivity index is 0.000000354. The molecule has 1 heterocycles. The number of carboxylic acids is 1. The third-order valence-corrected chi connectivity index (χ3v) is 1.52. The van der Waals surface area contributed by atoms with E-state index in [1.165, 1.54) is 0 Å². The second kappa shape index (κ2) is 8.28. The number of hydrogen-bond donors (Lipinski definition) is 1. The second-order valence-electron chi connectivity index (χ2n) is 2.30. The van der Waals surface area contributed by atoms with Crippen molar-refractivity contribution < 1.29 is 25.8 Å². The molecule has 0 aromatic rings. The molecule has 0 aromatic heterocycles. The summed E-state index contributed by atoms with van der Waals surface area (Å²) in [5.41, 5.74) is 0. The van der Waals surface area contributed by atoms with Crippen molar-refractivity contribution in [1.82, 2.24) is 0 Å². The van der Waals surface area contributed by atoms with Crippen LogP contribution in [-0.4, -0.2) is 23.7 Å². The van der Waals surface area contributed by atoms with E-state index in [1.54, 1.807) is 0 Å². The molecule has 1 unspecified atom stereocenters. The minimum atomic E-state index is -0.769. The minimum absolute atomic E-state index is 0.106. The maximum atomic E-state index is 10.3. The molecule has 1 atom stereocenters. The quantitative estimate of drug-likeness (QED) is 0.756. The van der Waals surface area contributed by atoms with Gasteiger partial charge in [0, 0.05) is 0 Å². The summed E-state index contributed by atoms with van der Waals surface area (Å²) in [7, 11) is 9.63. The van der Waals surface area contributed by atoms with Crippen LogP contribution in [0, 0.1) is 0 Å². The zero-order chi connectivity index (χ0) is 9.40. The van der Waals surface area contributed by atoms with Gasteiger partial charge in [0.25, 0.3) is 5.97 Å². The zero-order valence-electron chi connectivity index (χ0n) is 6.28. The molecule has 1 saturated heterocycles. The molecular weight excluding hydrogens is 295 g/mol. The molecule has 76 valence electrons. The first-order valence-electron chi connectivity index (χ1n) is 3.44. The molecule has 1 rings (SSSR count).